The number of methoxy groups -OCH3 is 1. The molecule has 152 valence electrons. The Morgan fingerprint density at radius 3 is 2.93 bits per heavy atom. The number of rotatable bonds is 6. The molecule has 0 saturated heterocycles. The Kier molecular flexibility index (Phi) is 5.37. The van der Waals surface area contributed by atoms with Gasteiger partial charge in [0.15, 0.2) is 0 Å². The molecule has 2 atom stereocenters. The van der Waals surface area contributed by atoms with Gasteiger partial charge in [-0.05, 0) is 19.4 Å². The third-order valence-corrected chi connectivity index (χ3v) is 7.99. The van der Waals surface area contributed by atoms with Crippen molar-refractivity contribution in [2.45, 2.75) is 23.0 Å². The van der Waals surface area contributed by atoms with Crippen LogP contribution < -0.4 is 5.73 Å². The summed E-state index contributed by atoms with van der Waals surface area (Å²) in [5, 5.41) is 0.829. The minimum Gasteiger partial charge on any atom is -0.396 e. The van der Waals surface area contributed by atoms with Gasteiger partial charge in [-0.25, -0.2) is 9.97 Å². The van der Waals surface area contributed by atoms with Crippen molar-refractivity contribution in [3.8, 4) is 11.3 Å². The summed E-state index contributed by atoms with van der Waals surface area (Å²) in [6.45, 7) is 2.53. The number of allylic oxidation sites excluding steroid dienone is 1. The highest BCUT2D eigenvalue weighted by Crippen LogP contribution is 2.43. The summed E-state index contributed by atoms with van der Waals surface area (Å²) in [5.41, 5.74) is 9.49. The summed E-state index contributed by atoms with van der Waals surface area (Å²) in [5.74, 6) is 0.399. The van der Waals surface area contributed by atoms with Crippen molar-refractivity contribution in [1.29, 1.82) is 0 Å². The van der Waals surface area contributed by atoms with Crippen molar-refractivity contribution in [3.05, 3.63) is 36.6 Å². The highest BCUT2D eigenvalue weighted by molar-refractivity contribution is 7.87. The van der Waals surface area contributed by atoms with Crippen LogP contribution in [0.25, 0.3) is 21.5 Å². The first kappa shape index (κ1) is 19.9. The van der Waals surface area contributed by atoms with Gasteiger partial charge in [0.2, 0.25) is 0 Å². The number of nitrogens with two attached hydrogens (primary N) is 1. The third kappa shape index (κ3) is 3.54. The molecule has 0 aliphatic carbocycles. The van der Waals surface area contributed by atoms with E-state index in [0.717, 1.165) is 33.6 Å². The molecule has 4 heterocycles. The normalized spacial score (nSPS) is 19.8. The molecular formula is C20H23N5O2S2. The molecular weight excluding hydrogens is 406 g/mol. The van der Waals surface area contributed by atoms with Gasteiger partial charge in [-0.1, -0.05) is 6.08 Å². The summed E-state index contributed by atoms with van der Waals surface area (Å²) in [7, 11) is 2.30. The third-order valence-electron chi connectivity index (χ3n) is 5.12. The zero-order chi connectivity index (χ0) is 20.6. The van der Waals surface area contributed by atoms with Gasteiger partial charge in [0, 0.05) is 42.9 Å². The molecule has 2 unspecified atom stereocenters. The molecule has 1 aliphatic heterocycles. The van der Waals surface area contributed by atoms with Crippen LogP contribution in [0, 0.1) is 0 Å². The summed E-state index contributed by atoms with van der Waals surface area (Å²) in [6, 6.07) is 2.06. The molecule has 4 rings (SSSR count). The van der Waals surface area contributed by atoms with Gasteiger partial charge in [0.25, 0.3) is 0 Å². The average Bonchev–Trinajstić information content (AvgIpc) is 3.29. The highest BCUT2D eigenvalue weighted by atomic mass is 32.2. The first-order valence-electron chi connectivity index (χ1n) is 9.21. The Hall–Kier alpha value is -2.36. The van der Waals surface area contributed by atoms with Crippen LogP contribution in [-0.4, -0.2) is 44.4 Å². The van der Waals surface area contributed by atoms with E-state index in [9.17, 15) is 4.21 Å². The summed E-state index contributed by atoms with van der Waals surface area (Å²) < 4.78 is 20.5. The molecule has 7 nitrogen and oxygen atoms in total. The molecule has 0 radical (unpaired) electrons. The molecule has 3 aromatic heterocycles. The number of fused-ring (bicyclic) bond motifs is 1. The second kappa shape index (κ2) is 7.81. The van der Waals surface area contributed by atoms with Crippen LogP contribution in [0.4, 0.5) is 5.69 Å². The summed E-state index contributed by atoms with van der Waals surface area (Å²) in [4.78, 5) is 14.3. The Bertz CT molecular complexity index is 1150. The van der Waals surface area contributed by atoms with Crippen LogP contribution in [-0.2, 0) is 28.0 Å². The van der Waals surface area contributed by atoms with E-state index >= 15 is 0 Å². The average molecular weight is 430 g/mol. The number of nitrogen functional groups attached to an aromatic ring is 1. The van der Waals surface area contributed by atoms with E-state index in [1.807, 2.05) is 36.3 Å². The number of aliphatic imine (C=N–C) groups is 1. The van der Waals surface area contributed by atoms with Crippen LogP contribution in [0.2, 0.25) is 0 Å². The van der Waals surface area contributed by atoms with E-state index in [4.69, 9.17) is 15.5 Å². The van der Waals surface area contributed by atoms with Gasteiger partial charge in [-0.3, -0.25) is 9.20 Å². The number of aromatic nitrogens is 3. The Morgan fingerprint density at radius 1 is 1.45 bits per heavy atom. The van der Waals surface area contributed by atoms with E-state index in [2.05, 4.69) is 23.0 Å². The maximum atomic E-state index is 12.8. The number of aryl methyl sites for hydroxylation is 1. The molecule has 0 spiro atoms. The maximum absolute atomic E-state index is 12.8. The van der Waals surface area contributed by atoms with Gasteiger partial charge < -0.3 is 15.0 Å². The first-order chi connectivity index (χ1) is 13.9. The quantitative estimate of drug-likeness (QED) is 0.649. The highest BCUT2D eigenvalue weighted by Gasteiger charge is 2.30. The topological polar surface area (TPSA) is 95.4 Å². The Morgan fingerprint density at radius 2 is 2.28 bits per heavy atom. The fourth-order valence-electron chi connectivity index (χ4n) is 3.42. The monoisotopic (exact) mass is 429 g/mol. The second-order valence-electron chi connectivity index (χ2n) is 7.26. The second-order valence-corrected chi connectivity index (χ2v) is 10.0. The number of imidazole rings is 1. The van der Waals surface area contributed by atoms with Crippen molar-refractivity contribution >= 4 is 44.3 Å². The molecule has 9 heteroatoms. The van der Waals surface area contributed by atoms with E-state index in [0.29, 0.717) is 22.3 Å². The summed E-state index contributed by atoms with van der Waals surface area (Å²) >= 11 is 1.39. The number of thiophene rings is 1. The number of hydrogen-bond acceptors (Lipinski definition) is 7. The number of pyridine rings is 1. The van der Waals surface area contributed by atoms with Crippen LogP contribution >= 0.6 is 11.3 Å². The fraction of sp³-hybridized carbons (Fsp3) is 0.350. The van der Waals surface area contributed by atoms with Gasteiger partial charge in [0.1, 0.15) is 9.04 Å². The smallest absolute Gasteiger partial charge is 0.127 e. The van der Waals surface area contributed by atoms with Crippen LogP contribution in [0.5, 0.6) is 0 Å². The van der Waals surface area contributed by atoms with Crippen molar-refractivity contribution in [2.24, 2.45) is 12.0 Å². The van der Waals surface area contributed by atoms with Crippen LogP contribution in [0.15, 0.2) is 40.1 Å². The molecule has 0 saturated carbocycles. The SMILES string of the molecule is COCCS(=O)c1sc2nc(C3(C)C=NC=CC3)cc(-c3cncn3C)c2c1N. The minimum atomic E-state index is -1.24. The number of anilines is 1. The van der Waals surface area contributed by atoms with Crippen molar-refractivity contribution in [3.63, 3.8) is 0 Å². The van der Waals surface area contributed by atoms with Crippen LogP contribution in [0.1, 0.15) is 19.0 Å². The lowest BCUT2D eigenvalue weighted by Gasteiger charge is -2.25. The standard InChI is InChI=1S/C20H23N5O2S2/c1-20(5-4-6-22-11-20)15-9-13(14-10-23-12-25(14)2)16-17(21)19(28-18(16)24-15)29(26)8-7-27-3/h4,6,9-12H,5,7-8,21H2,1-3H3. The number of hydrogen-bond donors (Lipinski definition) is 1. The molecule has 0 aromatic carbocycles. The zero-order valence-electron chi connectivity index (χ0n) is 16.6. The van der Waals surface area contributed by atoms with Crippen molar-refractivity contribution in [2.75, 3.05) is 25.2 Å². The van der Waals surface area contributed by atoms with Gasteiger partial charge in [0.05, 0.1) is 52.8 Å². The number of nitrogens with zero attached hydrogens (tertiary/aromatic N) is 4. The molecule has 3 aromatic rings. The lowest BCUT2D eigenvalue weighted by Crippen LogP contribution is -2.26. The Labute approximate surface area is 175 Å². The largest absolute Gasteiger partial charge is 0.396 e. The van der Waals surface area contributed by atoms with Gasteiger partial charge in [-0.15, -0.1) is 11.3 Å². The number of ether oxygens (including phenoxy) is 1. The molecule has 0 amide bonds. The molecule has 0 fully saturated rings. The van der Waals surface area contributed by atoms with Crippen molar-refractivity contribution < 1.29 is 8.95 Å². The first-order valence-corrected chi connectivity index (χ1v) is 11.3. The molecule has 1 aliphatic rings. The van der Waals surface area contributed by atoms with Crippen LogP contribution in [0.3, 0.4) is 0 Å². The maximum Gasteiger partial charge on any atom is 0.127 e. The molecule has 0 bridgehead atoms. The van der Waals surface area contributed by atoms with Gasteiger partial charge in [-0.2, -0.15) is 0 Å². The predicted octanol–water partition coefficient (Wildman–Crippen LogP) is 3.28. The fourth-order valence-corrected chi connectivity index (χ4v) is 5.99. The van der Waals surface area contributed by atoms with Crippen molar-refractivity contribution in [1.82, 2.24) is 14.5 Å². The molecule has 29 heavy (non-hydrogen) atoms. The summed E-state index contributed by atoms with van der Waals surface area (Å²) in [6.07, 6.45) is 10.2. The van der Waals surface area contributed by atoms with E-state index in [1.165, 1.54) is 11.3 Å². The zero-order valence-corrected chi connectivity index (χ0v) is 18.2. The molecule has 2 N–H and O–H groups in total. The minimum absolute atomic E-state index is 0.315. The van der Waals surface area contributed by atoms with Gasteiger partial charge >= 0.3 is 0 Å². The lowest BCUT2D eigenvalue weighted by molar-refractivity contribution is 0.218. The lowest BCUT2D eigenvalue weighted by atomic mass is 9.82. The Balaban J connectivity index is 1.95. The van der Waals surface area contributed by atoms with E-state index in [-0.39, 0.29) is 5.41 Å². The predicted molar refractivity (Wildman–Crippen MR) is 119 cm³/mol. The van der Waals surface area contributed by atoms with E-state index in [1.54, 1.807) is 13.4 Å². The van der Waals surface area contributed by atoms with E-state index < -0.39 is 10.8 Å².